The molecule has 1 fully saturated rings. The van der Waals surface area contributed by atoms with Crippen LogP contribution in [0.15, 0.2) is 12.2 Å². The maximum atomic E-state index is 15.1. The lowest BCUT2D eigenvalue weighted by molar-refractivity contribution is -0.157. The lowest BCUT2D eigenvalue weighted by atomic mass is 9.91. The minimum atomic E-state index is -1.61. The van der Waals surface area contributed by atoms with Crippen molar-refractivity contribution in [2.45, 2.75) is 223 Å². The van der Waals surface area contributed by atoms with Crippen LogP contribution in [0.1, 0.15) is 156 Å². The molecule has 0 radical (unpaired) electrons. The van der Waals surface area contributed by atoms with Crippen LogP contribution in [0.5, 0.6) is 0 Å². The van der Waals surface area contributed by atoms with Crippen molar-refractivity contribution >= 4 is 65.0 Å². The summed E-state index contributed by atoms with van der Waals surface area (Å²) in [5, 5.41) is 23.1. The number of carbonyl (C=O) groups excluding carboxylic acids is 11. The average Bonchev–Trinajstić information content (AvgIpc) is 3.62. The third kappa shape index (κ3) is 21.7. The molecule has 0 aromatic carbocycles. The first kappa shape index (κ1) is 76.9. The normalized spacial score (nSPS) is 26.9. The number of nitrogens with one attached hydrogen (secondary N) is 4. The number of nitrogens with zero attached hydrogens (tertiary/aromatic N) is 7. The number of aliphatic hydroxyl groups is 1. The van der Waals surface area contributed by atoms with Gasteiger partial charge in [-0.05, 0) is 101 Å². The Morgan fingerprint density at radius 1 is 0.459 bits per heavy atom. The number of amides is 11. The molecule has 1 saturated heterocycles. The zero-order valence-corrected chi connectivity index (χ0v) is 56.1. The van der Waals surface area contributed by atoms with Crippen LogP contribution in [0, 0.1) is 41.4 Å². The van der Waals surface area contributed by atoms with Crippen LogP contribution in [0.25, 0.3) is 0 Å². The van der Waals surface area contributed by atoms with Gasteiger partial charge in [0.05, 0.1) is 12.6 Å². The number of likely N-dealkylation sites (N-methyl/N-ethyl adjacent to an activating group) is 7. The number of carbonyl (C=O) groups is 11. The number of aliphatic hydroxyl groups excluding tert-OH is 1. The Morgan fingerprint density at radius 2 is 0.871 bits per heavy atom. The van der Waals surface area contributed by atoms with Crippen LogP contribution >= 0.6 is 0 Å². The van der Waals surface area contributed by atoms with E-state index in [1.165, 1.54) is 87.7 Å². The van der Waals surface area contributed by atoms with Crippen molar-refractivity contribution in [3.8, 4) is 0 Å². The van der Waals surface area contributed by atoms with Gasteiger partial charge >= 0.3 is 0 Å². The Kier molecular flexibility index (Phi) is 31.5. The molecule has 1 heterocycles. The molecule has 1 aliphatic heterocycles. The molecule has 85 heavy (non-hydrogen) atoms. The Labute approximate surface area is 508 Å². The molecule has 0 saturated carbocycles. The molecule has 0 bridgehead atoms. The zero-order valence-electron chi connectivity index (χ0n) is 56.1. The molecule has 486 valence electrons. The highest BCUT2D eigenvalue weighted by molar-refractivity contribution is 5.99. The summed E-state index contributed by atoms with van der Waals surface area (Å²) in [6.07, 6.45) is 3.04. The van der Waals surface area contributed by atoms with E-state index in [0.29, 0.717) is 6.42 Å². The van der Waals surface area contributed by atoms with Crippen LogP contribution < -0.4 is 21.3 Å². The van der Waals surface area contributed by atoms with Crippen LogP contribution in [-0.2, 0) is 52.7 Å². The Hall–Kier alpha value is -6.13. The van der Waals surface area contributed by atoms with Crippen molar-refractivity contribution in [1.29, 1.82) is 0 Å². The summed E-state index contributed by atoms with van der Waals surface area (Å²) in [6.45, 7) is 29.3. The van der Waals surface area contributed by atoms with E-state index >= 15 is 9.59 Å². The predicted octanol–water partition coefficient (Wildman–Crippen LogP) is 3.27. The average molecular weight is 1200 g/mol. The van der Waals surface area contributed by atoms with E-state index in [9.17, 15) is 48.3 Å². The Morgan fingerprint density at radius 3 is 1.32 bits per heavy atom. The molecule has 23 heteroatoms. The molecule has 0 aromatic rings. The summed E-state index contributed by atoms with van der Waals surface area (Å²) < 4.78 is 0. The molecule has 12 atom stereocenters. The molecule has 1 aliphatic rings. The third-order valence-corrected chi connectivity index (χ3v) is 16.1. The van der Waals surface area contributed by atoms with Crippen LogP contribution in [-0.4, -0.2) is 227 Å². The van der Waals surface area contributed by atoms with Crippen molar-refractivity contribution in [3.05, 3.63) is 12.2 Å². The standard InChI is InChI=1S/C62H111N11O12/c1-25-27-28-40(15)52(75)51-56(79)65-43(26-2)58(81)67(18)33-48(74)68(19)44(29-34(3)4)55(78)66-49(38(11)12)61(84)69(20)45(30-35(5)6)54(77)63-41(16)53(76)64-42(17)57(80)70(21)46(31-36(7)8)59(82)71(22)47(32-37(9)10)60(83)72(23)50(39(13)14)62(85)73(51)24/h25,27,34-47,49-52,75H,26,28-33H2,1-24H3,(H,63,77)(H,64,76)(H,65,79)(H,66,78)/b27-25+/t40-,41+,42?,43+,44+,45+,46+,47+,49+,50+,51?,52?/m0/s1. The quantitative estimate of drug-likeness (QED) is 0.148. The first-order valence-electron chi connectivity index (χ1n) is 30.6. The molecular formula is C62H111N11O12. The highest BCUT2D eigenvalue weighted by Crippen LogP contribution is 2.26. The van der Waals surface area contributed by atoms with Gasteiger partial charge in [0, 0.05) is 49.3 Å². The fraction of sp³-hybridized carbons (Fsp3) is 0.790. The highest BCUT2D eigenvalue weighted by atomic mass is 16.3. The van der Waals surface area contributed by atoms with Gasteiger partial charge in [0.15, 0.2) is 0 Å². The maximum absolute atomic E-state index is 15.1. The predicted molar refractivity (Wildman–Crippen MR) is 328 cm³/mol. The summed E-state index contributed by atoms with van der Waals surface area (Å²) in [7, 11) is 9.92. The largest absolute Gasteiger partial charge is 0.390 e. The van der Waals surface area contributed by atoms with Gasteiger partial charge in [0.25, 0.3) is 0 Å². The molecular weight excluding hydrogens is 1090 g/mol. The Bertz CT molecular complexity index is 2330. The molecule has 0 aromatic heterocycles. The van der Waals surface area contributed by atoms with E-state index in [0.717, 1.165) is 9.80 Å². The molecule has 5 N–H and O–H groups in total. The number of hydrogen-bond donors (Lipinski definition) is 5. The van der Waals surface area contributed by atoms with Crippen LogP contribution in [0.2, 0.25) is 0 Å². The summed E-state index contributed by atoms with van der Waals surface area (Å²) >= 11 is 0. The van der Waals surface area contributed by atoms with Crippen LogP contribution in [0.3, 0.4) is 0 Å². The first-order valence-corrected chi connectivity index (χ1v) is 30.6. The van der Waals surface area contributed by atoms with Crippen molar-refractivity contribution in [1.82, 2.24) is 55.6 Å². The summed E-state index contributed by atoms with van der Waals surface area (Å²) in [4.78, 5) is 169. The molecule has 3 unspecified atom stereocenters. The fourth-order valence-corrected chi connectivity index (χ4v) is 10.7. The van der Waals surface area contributed by atoms with E-state index in [2.05, 4.69) is 21.3 Å². The minimum Gasteiger partial charge on any atom is -0.390 e. The van der Waals surface area contributed by atoms with E-state index in [1.807, 2.05) is 61.5 Å². The third-order valence-electron chi connectivity index (χ3n) is 16.1. The van der Waals surface area contributed by atoms with Crippen molar-refractivity contribution in [2.24, 2.45) is 41.4 Å². The van der Waals surface area contributed by atoms with Crippen LogP contribution in [0.4, 0.5) is 0 Å². The monoisotopic (exact) mass is 1200 g/mol. The topological polar surface area (TPSA) is 279 Å². The summed E-state index contributed by atoms with van der Waals surface area (Å²) in [5.74, 6) is -9.71. The number of allylic oxidation sites excluding steroid dienone is 2. The second-order valence-corrected chi connectivity index (χ2v) is 26.1. The molecule has 0 spiro atoms. The van der Waals surface area contributed by atoms with Gasteiger partial charge in [-0.2, -0.15) is 0 Å². The minimum absolute atomic E-state index is 0.0229. The Balaban J connectivity index is 4.32. The van der Waals surface area contributed by atoms with Crippen molar-refractivity contribution in [3.63, 3.8) is 0 Å². The summed E-state index contributed by atoms with van der Waals surface area (Å²) in [5.41, 5.74) is 0. The van der Waals surface area contributed by atoms with Crippen molar-refractivity contribution in [2.75, 3.05) is 55.9 Å². The molecule has 0 aliphatic carbocycles. The molecule has 1 rings (SSSR count). The summed E-state index contributed by atoms with van der Waals surface area (Å²) in [6, 6.07) is -12.3. The fourth-order valence-electron chi connectivity index (χ4n) is 10.7. The number of rotatable bonds is 15. The zero-order chi connectivity index (χ0) is 66.0. The van der Waals surface area contributed by atoms with E-state index < -0.39 is 156 Å². The highest BCUT2D eigenvalue weighted by Gasteiger charge is 2.45. The van der Waals surface area contributed by atoms with Gasteiger partial charge in [-0.3, -0.25) is 52.7 Å². The molecule has 11 amide bonds. The lowest BCUT2D eigenvalue weighted by Crippen LogP contribution is -2.63. The van der Waals surface area contributed by atoms with Gasteiger partial charge in [-0.15, -0.1) is 0 Å². The SMILES string of the molecule is C/C=C/C[C@H](C)C(O)C1C(=O)N[C@H](CC)C(=O)N(C)CC(=O)N(C)[C@H](CC(C)C)C(=O)N[C@H](C(C)C)C(=O)N(C)[C@H](CC(C)C)C(=O)N[C@H](C)C(=O)NC(C)C(=O)N(C)[C@H](CC(C)C)C(=O)N(C)[C@H](CC(C)C)C(=O)N(C)[C@H](C(C)C)C(=O)N1C. The second kappa shape index (κ2) is 34.9. The van der Waals surface area contributed by atoms with Gasteiger partial charge < -0.3 is 60.7 Å². The molecule has 23 nitrogen and oxygen atoms in total. The van der Waals surface area contributed by atoms with Gasteiger partial charge in [-0.1, -0.05) is 109 Å². The van der Waals surface area contributed by atoms with Crippen molar-refractivity contribution < 1.29 is 57.8 Å². The van der Waals surface area contributed by atoms with Gasteiger partial charge in [0.1, 0.15) is 60.4 Å². The van der Waals surface area contributed by atoms with E-state index in [-0.39, 0.29) is 55.8 Å². The lowest BCUT2D eigenvalue weighted by Gasteiger charge is -2.41. The van der Waals surface area contributed by atoms with E-state index in [1.54, 1.807) is 54.5 Å². The second-order valence-electron chi connectivity index (χ2n) is 26.1. The van der Waals surface area contributed by atoms with Gasteiger partial charge in [0.2, 0.25) is 65.0 Å². The number of hydrogen-bond acceptors (Lipinski definition) is 12. The first-order chi connectivity index (χ1) is 39.2. The maximum Gasteiger partial charge on any atom is 0.246 e. The smallest absolute Gasteiger partial charge is 0.246 e. The van der Waals surface area contributed by atoms with Gasteiger partial charge in [-0.25, -0.2) is 0 Å². The van der Waals surface area contributed by atoms with E-state index in [4.69, 9.17) is 0 Å².